The molecule has 0 unspecified atom stereocenters. The van der Waals surface area contributed by atoms with Crippen LogP contribution < -0.4 is 9.75 Å². The minimum absolute atomic E-state index is 0.153. The van der Waals surface area contributed by atoms with E-state index in [9.17, 15) is 4.79 Å². The first-order chi connectivity index (χ1) is 12.5. The van der Waals surface area contributed by atoms with Crippen LogP contribution in [0.2, 0.25) is 0 Å². The fraction of sp³-hybridized carbons (Fsp3) is 0.143. The van der Waals surface area contributed by atoms with E-state index in [1.807, 2.05) is 68.5 Å². The van der Waals surface area contributed by atoms with Crippen LogP contribution in [-0.2, 0) is 4.79 Å². The zero-order chi connectivity index (χ0) is 18.7. The van der Waals surface area contributed by atoms with E-state index in [1.165, 1.54) is 5.01 Å². The van der Waals surface area contributed by atoms with Crippen LogP contribution in [0, 0.1) is 0 Å². The highest BCUT2D eigenvalue weighted by atomic mass is 79.9. The first-order valence-electron chi connectivity index (χ1n) is 8.19. The molecule has 0 fully saturated rings. The molecule has 5 heteroatoms. The normalized spacial score (nSPS) is 15.3. The SMILES string of the molecule is C=C(C)COc1ccc(Br)cc1C=C1C(=O)N(c2ccccc2)N=C1C. The third-order valence-electron chi connectivity index (χ3n) is 3.81. The van der Waals surface area contributed by atoms with E-state index in [-0.39, 0.29) is 5.91 Å². The summed E-state index contributed by atoms with van der Waals surface area (Å²) in [5, 5.41) is 5.83. The van der Waals surface area contributed by atoms with Crippen LogP contribution in [0.3, 0.4) is 0 Å². The third-order valence-corrected chi connectivity index (χ3v) is 4.30. The second-order valence-electron chi connectivity index (χ2n) is 6.12. The van der Waals surface area contributed by atoms with E-state index in [1.54, 1.807) is 0 Å². The molecule has 0 aromatic heterocycles. The number of hydrogen-bond donors (Lipinski definition) is 0. The van der Waals surface area contributed by atoms with Gasteiger partial charge in [0.2, 0.25) is 0 Å². The number of amides is 1. The fourth-order valence-corrected chi connectivity index (χ4v) is 2.93. The Morgan fingerprint density at radius 3 is 2.69 bits per heavy atom. The van der Waals surface area contributed by atoms with Gasteiger partial charge in [0.05, 0.1) is 17.0 Å². The molecule has 0 N–H and O–H groups in total. The number of hydrazone groups is 1. The number of carbonyl (C=O) groups is 1. The van der Waals surface area contributed by atoms with Gasteiger partial charge in [-0.2, -0.15) is 10.1 Å². The van der Waals surface area contributed by atoms with Crippen LogP contribution >= 0.6 is 15.9 Å². The zero-order valence-electron chi connectivity index (χ0n) is 14.7. The summed E-state index contributed by atoms with van der Waals surface area (Å²) < 4.78 is 6.73. The van der Waals surface area contributed by atoms with Crippen LogP contribution in [-0.4, -0.2) is 18.2 Å². The molecule has 1 heterocycles. The van der Waals surface area contributed by atoms with E-state index in [4.69, 9.17) is 4.74 Å². The molecule has 0 atom stereocenters. The highest BCUT2D eigenvalue weighted by Gasteiger charge is 2.28. The van der Waals surface area contributed by atoms with E-state index in [0.717, 1.165) is 21.3 Å². The number of nitrogens with zero attached hydrogens (tertiary/aromatic N) is 2. The fourth-order valence-electron chi connectivity index (χ4n) is 2.55. The van der Waals surface area contributed by atoms with Crippen molar-refractivity contribution in [1.82, 2.24) is 0 Å². The van der Waals surface area contributed by atoms with Gasteiger partial charge in [0.25, 0.3) is 5.91 Å². The smallest absolute Gasteiger partial charge is 0.280 e. The average Bonchev–Trinajstić information content (AvgIpc) is 2.90. The Hall–Kier alpha value is -2.66. The van der Waals surface area contributed by atoms with Crippen molar-refractivity contribution < 1.29 is 9.53 Å². The summed E-state index contributed by atoms with van der Waals surface area (Å²) in [5.41, 5.74) is 3.70. The molecule has 4 nitrogen and oxygen atoms in total. The quantitative estimate of drug-likeness (QED) is 0.501. The first-order valence-corrected chi connectivity index (χ1v) is 8.98. The molecule has 132 valence electrons. The molecule has 0 spiro atoms. The Labute approximate surface area is 161 Å². The van der Waals surface area contributed by atoms with Crippen LogP contribution in [0.5, 0.6) is 5.75 Å². The molecule has 0 saturated heterocycles. The Kier molecular flexibility index (Phi) is 5.38. The van der Waals surface area contributed by atoms with Crippen molar-refractivity contribution in [2.45, 2.75) is 13.8 Å². The van der Waals surface area contributed by atoms with Gasteiger partial charge in [-0.3, -0.25) is 4.79 Å². The Morgan fingerprint density at radius 2 is 2.00 bits per heavy atom. The number of benzene rings is 2. The van der Waals surface area contributed by atoms with E-state index >= 15 is 0 Å². The minimum atomic E-state index is -0.153. The van der Waals surface area contributed by atoms with Gasteiger partial charge in [-0.1, -0.05) is 40.7 Å². The summed E-state index contributed by atoms with van der Waals surface area (Å²) in [6.07, 6.45) is 1.82. The first kappa shape index (κ1) is 18.1. The predicted molar refractivity (Wildman–Crippen MR) is 109 cm³/mol. The van der Waals surface area contributed by atoms with Crippen LogP contribution in [0.15, 0.2) is 75.8 Å². The van der Waals surface area contributed by atoms with Crippen molar-refractivity contribution in [3.05, 3.63) is 76.3 Å². The van der Waals surface area contributed by atoms with Crippen LogP contribution in [0.4, 0.5) is 5.69 Å². The van der Waals surface area contributed by atoms with Crippen LogP contribution in [0.25, 0.3) is 6.08 Å². The summed E-state index contributed by atoms with van der Waals surface area (Å²) in [4.78, 5) is 12.9. The van der Waals surface area contributed by atoms with Crippen molar-refractivity contribution >= 4 is 39.3 Å². The molecule has 2 aromatic carbocycles. The van der Waals surface area contributed by atoms with E-state index in [2.05, 4.69) is 27.6 Å². The maximum absolute atomic E-state index is 12.9. The summed E-state index contributed by atoms with van der Waals surface area (Å²) in [5.74, 6) is 0.544. The standard InChI is InChI=1S/C21H19BrN2O2/c1-14(2)13-26-20-10-9-17(22)11-16(20)12-19-15(3)23-24(21(19)25)18-7-5-4-6-8-18/h4-12H,1,13H2,2-3H3. The minimum Gasteiger partial charge on any atom is -0.489 e. The van der Waals surface area contributed by atoms with Crippen molar-refractivity contribution in [1.29, 1.82) is 0 Å². The topological polar surface area (TPSA) is 41.9 Å². The number of hydrogen-bond acceptors (Lipinski definition) is 3. The molecule has 0 saturated carbocycles. The molecular formula is C21H19BrN2O2. The Balaban J connectivity index is 1.95. The number of carbonyl (C=O) groups excluding carboxylic acids is 1. The molecule has 0 aliphatic carbocycles. The lowest BCUT2D eigenvalue weighted by atomic mass is 10.1. The second kappa shape index (κ2) is 7.70. The van der Waals surface area contributed by atoms with Crippen molar-refractivity contribution in [2.24, 2.45) is 5.10 Å². The maximum atomic E-state index is 12.9. The summed E-state index contributed by atoms with van der Waals surface area (Å²) in [6, 6.07) is 15.1. The summed E-state index contributed by atoms with van der Waals surface area (Å²) in [6.45, 7) is 8.03. The van der Waals surface area contributed by atoms with E-state index < -0.39 is 0 Å². The molecule has 0 bridgehead atoms. The van der Waals surface area contributed by atoms with Gasteiger partial charge >= 0.3 is 0 Å². The molecule has 1 aliphatic heterocycles. The van der Waals surface area contributed by atoms with Gasteiger partial charge in [0, 0.05) is 10.0 Å². The molecule has 2 aromatic rings. The highest BCUT2D eigenvalue weighted by Crippen LogP contribution is 2.29. The molecule has 1 aliphatic rings. The number of para-hydroxylation sites is 1. The largest absolute Gasteiger partial charge is 0.489 e. The van der Waals surface area contributed by atoms with Gasteiger partial charge < -0.3 is 4.74 Å². The van der Waals surface area contributed by atoms with Gasteiger partial charge in [-0.25, -0.2) is 0 Å². The third kappa shape index (κ3) is 3.94. The number of halogens is 1. The van der Waals surface area contributed by atoms with Gasteiger partial charge in [-0.05, 0) is 55.8 Å². The zero-order valence-corrected chi connectivity index (χ0v) is 16.3. The average molecular weight is 411 g/mol. The lowest BCUT2D eigenvalue weighted by Gasteiger charge is -2.12. The lowest BCUT2D eigenvalue weighted by molar-refractivity contribution is -0.114. The van der Waals surface area contributed by atoms with E-state index in [0.29, 0.717) is 23.6 Å². The van der Waals surface area contributed by atoms with Gasteiger partial charge in [0.15, 0.2) is 0 Å². The molecule has 1 amide bonds. The summed E-state index contributed by atoms with van der Waals surface area (Å²) >= 11 is 3.48. The van der Waals surface area contributed by atoms with Crippen molar-refractivity contribution in [3.8, 4) is 5.75 Å². The molecule has 3 rings (SSSR count). The number of ether oxygens (including phenoxy) is 1. The molecule has 26 heavy (non-hydrogen) atoms. The van der Waals surface area contributed by atoms with Crippen molar-refractivity contribution in [3.63, 3.8) is 0 Å². The van der Waals surface area contributed by atoms with Gasteiger partial charge in [-0.15, -0.1) is 0 Å². The predicted octanol–water partition coefficient (Wildman–Crippen LogP) is 5.21. The monoisotopic (exact) mass is 410 g/mol. The molecular weight excluding hydrogens is 392 g/mol. The number of anilines is 1. The highest BCUT2D eigenvalue weighted by molar-refractivity contribution is 9.10. The molecule has 0 radical (unpaired) electrons. The number of rotatable bonds is 5. The Morgan fingerprint density at radius 1 is 1.27 bits per heavy atom. The summed E-state index contributed by atoms with van der Waals surface area (Å²) in [7, 11) is 0. The van der Waals surface area contributed by atoms with Crippen LogP contribution in [0.1, 0.15) is 19.4 Å². The van der Waals surface area contributed by atoms with Crippen molar-refractivity contribution in [2.75, 3.05) is 11.6 Å². The van der Waals surface area contributed by atoms with Gasteiger partial charge in [0.1, 0.15) is 12.4 Å². The Bertz CT molecular complexity index is 917. The lowest BCUT2D eigenvalue weighted by Crippen LogP contribution is -2.21. The maximum Gasteiger partial charge on any atom is 0.280 e. The second-order valence-corrected chi connectivity index (χ2v) is 7.04.